The molecule has 1 aliphatic rings. The fraction of sp³-hybridized carbons (Fsp3) is 0.625. The zero-order valence-corrected chi connectivity index (χ0v) is 14.5. The predicted molar refractivity (Wildman–Crippen MR) is 90.2 cm³/mol. The van der Waals surface area contributed by atoms with E-state index in [0.717, 1.165) is 18.0 Å². The van der Waals surface area contributed by atoms with Crippen molar-refractivity contribution >= 4 is 23.2 Å². The smallest absolute Gasteiger partial charge is 0.225 e. The summed E-state index contributed by atoms with van der Waals surface area (Å²) in [5, 5.41) is 14.2. The molecule has 2 N–H and O–H groups in total. The highest BCUT2D eigenvalue weighted by Gasteiger charge is 2.25. The van der Waals surface area contributed by atoms with Crippen LogP contribution < -0.4 is 5.32 Å². The van der Waals surface area contributed by atoms with Gasteiger partial charge in [-0.2, -0.15) is 0 Å². The predicted octanol–water partition coefficient (Wildman–Crippen LogP) is 0.840. The summed E-state index contributed by atoms with van der Waals surface area (Å²) in [4.78, 5) is 28.9. The molecule has 0 radical (unpaired) electrons. The molecule has 0 spiro atoms. The number of amides is 2. The van der Waals surface area contributed by atoms with Gasteiger partial charge < -0.3 is 15.3 Å². The van der Waals surface area contributed by atoms with Crippen LogP contribution in [0.4, 0.5) is 0 Å². The van der Waals surface area contributed by atoms with E-state index in [1.165, 1.54) is 6.92 Å². The Morgan fingerprint density at radius 3 is 2.57 bits per heavy atom. The lowest BCUT2D eigenvalue weighted by molar-refractivity contribution is -0.133. The van der Waals surface area contributed by atoms with E-state index in [2.05, 4.69) is 10.2 Å². The molecule has 7 heteroatoms. The SMILES string of the molecule is CC(=O)N[C@H](CC(=O)N1CCN(C[C@H](C)O)CC1)c1cccs1. The highest BCUT2D eigenvalue weighted by molar-refractivity contribution is 7.10. The van der Waals surface area contributed by atoms with E-state index in [9.17, 15) is 14.7 Å². The standard InChI is InChI=1S/C16H25N3O3S/c1-12(20)11-18-5-7-19(8-6-18)16(22)10-14(17-13(2)21)15-4-3-9-23-15/h3-4,9,12,14,20H,5-8,10-11H2,1-2H3,(H,17,21)/t12-,14+/m0/s1. The average Bonchev–Trinajstić information content (AvgIpc) is 3.00. The maximum atomic E-state index is 12.5. The molecule has 128 valence electrons. The number of aliphatic hydroxyl groups is 1. The molecule has 0 bridgehead atoms. The Labute approximate surface area is 141 Å². The Morgan fingerprint density at radius 1 is 1.35 bits per heavy atom. The van der Waals surface area contributed by atoms with Crippen molar-refractivity contribution in [2.45, 2.75) is 32.4 Å². The van der Waals surface area contributed by atoms with Crippen molar-refractivity contribution in [2.75, 3.05) is 32.7 Å². The van der Waals surface area contributed by atoms with Crippen LogP contribution in [0, 0.1) is 0 Å². The molecule has 6 nitrogen and oxygen atoms in total. The fourth-order valence-electron chi connectivity index (χ4n) is 2.81. The van der Waals surface area contributed by atoms with Crippen LogP contribution in [0.5, 0.6) is 0 Å². The summed E-state index contributed by atoms with van der Waals surface area (Å²) in [5.74, 6) is -0.0631. The third-order valence-corrected chi connectivity index (χ3v) is 4.88. The van der Waals surface area contributed by atoms with Crippen molar-refractivity contribution in [2.24, 2.45) is 0 Å². The van der Waals surface area contributed by atoms with Crippen molar-refractivity contribution in [3.05, 3.63) is 22.4 Å². The van der Waals surface area contributed by atoms with Gasteiger partial charge in [0.2, 0.25) is 11.8 Å². The van der Waals surface area contributed by atoms with E-state index in [-0.39, 0.29) is 30.4 Å². The summed E-state index contributed by atoms with van der Waals surface area (Å²) in [6, 6.07) is 3.61. The summed E-state index contributed by atoms with van der Waals surface area (Å²) < 4.78 is 0. The average molecular weight is 339 g/mol. The van der Waals surface area contributed by atoms with Crippen molar-refractivity contribution in [3.63, 3.8) is 0 Å². The van der Waals surface area contributed by atoms with Gasteiger partial charge in [0.15, 0.2) is 0 Å². The molecule has 2 rings (SSSR count). The molecule has 0 aliphatic carbocycles. The lowest BCUT2D eigenvalue weighted by Gasteiger charge is -2.35. The number of carbonyl (C=O) groups is 2. The zero-order valence-electron chi connectivity index (χ0n) is 13.7. The van der Waals surface area contributed by atoms with Gasteiger partial charge in [-0.15, -0.1) is 11.3 Å². The van der Waals surface area contributed by atoms with Crippen LogP contribution in [0.2, 0.25) is 0 Å². The number of carbonyl (C=O) groups excluding carboxylic acids is 2. The van der Waals surface area contributed by atoms with E-state index < -0.39 is 0 Å². The number of β-amino-alcohol motifs (C(OH)–C–C–N with tert-alkyl or cyclic N) is 1. The van der Waals surface area contributed by atoms with Gasteiger partial charge in [-0.1, -0.05) is 6.07 Å². The van der Waals surface area contributed by atoms with Gasteiger partial charge in [0.25, 0.3) is 0 Å². The number of rotatable bonds is 6. The topological polar surface area (TPSA) is 72.9 Å². The number of nitrogens with zero attached hydrogens (tertiary/aromatic N) is 2. The Kier molecular flexibility index (Phi) is 6.56. The molecule has 1 aromatic heterocycles. The monoisotopic (exact) mass is 339 g/mol. The number of aliphatic hydroxyl groups excluding tert-OH is 1. The second-order valence-electron chi connectivity index (χ2n) is 6.00. The number of thiophene rings is 1. The lowest BCUT2D eigenvalue weighted by Crippen LogP contribution is -2.50. The van der Waals surface area contributed by atoms with Crippen molar-refractivity contribution in [3.8, 4) is 0 Å². The Hall–Kier alpha value is -1.44. The second-order valence-corrected chi connectivity index (χ2v) is 6.98. The minimum atomic E-state index is -0.347. The van der Waals surface area contributed by atoms with Crippen LogP contribution in [-0.4, -0.2) is 65.5 Å². The van der Waals surface area contributed by atoms with Crippen LogP contribution in [0.25, 0.3) is 0 Å². The summed E-state index contributed by atoms with van der Waals surface area (Å²) in [6.07, 6.45) is -0.0588. The van der Waals surface area contributed by atoms with Gasteiger partial charge in [-0.05, 0) is 18.4 Å². The van der Waals surface area contributed by atoms with Crippen molar-refractivity contribution < 1.29 is 14.7 Å². The number of nitrogens with one attached hydrogen (secondary N) is 1. The first-order chi connectivity index (χ1) is 11.0. The molecule has 0 aromatic carbocycles. The van der Waals surface area contributed by atoms with Gasteiger partial charge in [0, 0.05) is 44.5 Å². The van der Waals surface area contributed by atoms with Gasteiger partial charge in [0.1, 0.15) is 0 Å². The molecular weight excluding hydrogens is 314 g/mol. The first kappa shape index (κ1) is 17.9. The summed E-state index contributed by atoms with van der Waals surface area (Å²) in [7, 11) is 0. The van der Waals surface area contributed by atoms with Crippen molar-refractivity contribution in [1.29, 1.82) is 0 Å². The zero-order chi connectivity index (χ0) is 16.8. The third-order valence-electron chi connectivity index (χ3n) is 3.89. The van der Waals surface area contributed by atoms with Gasteiger partial charge in [-0.3, -0.25) is 14.5 Å². The number of hydrogen-bond donors (Lipinski definition) is 2. The molecule has 0 unspecified atom stereocenters. The molecule has 2 heterocycles. The minimum Gasteiger partial charge on any atom is -0.392 e. The molecule has 1 aromatic rings. The van der Waals surface area contributed by atoms with Crippen LogP contribution in [0.1, 0.15) is 31.2 Å². The number of piperazine rings is 1. The van der Waals surface area contributed by atoms with Crippen LogP contribution in [0.3, 0.4) is 0 Å². The summed E-state index contributed by atoms with van der Waals surface area (Å²) in [6.45, 7) is 6.79. The molecule has 1 saturated heterocycles. The molecule has 0 saturated carbocycles. The molecule has 2 amide bonds. The van der Waals surface area contributed by atoms with Crippen LogP contribution in [-0.2, 0) is 9.59 Å². The largest absolute Gasteiger partial charge is 0.392 e. The van der Waals surface area contributed by atoms with E-state index in [1.54, 1.807) is 18.3 Å². The summed E-state index contributed by atoms with van der Waals surface area (Å²) >= 11 is 1.55. The first-order valence-corrected chi connectivity index (χ1v) is 8.82. The molecular formula is C16H25N3O3S. The second kappa shape index (κ2) is 8.42. The first-order valence-electron chi connectivity index (χ1n) is 7.94. The quantitative estimate of drug-likeness (QED) is 0.806. The van der Waals surface area contributed by atoms with Crippen molar-refractivity contribution in [1.82, 2.24) is 15.1 Å². The fourth-order valence-corrected chi connectivity index (χ4v) is 3.59. The van der Waals surface area contributed by atoms with Crippen LogP contribution >= 0.6 is 11.3 Å². The highest BCUT2D eigenvalue weighted by Crippen LogP contribution is 2.23. The summed E-state index contributed by atoms with van der Waals surface area (Å²) in [5.41, 5.74) is 0. The molecule has 2 atom stereocenters. The third kappa shape index (κ3) is 5.60. The molecule has 23 heavy (non-hydrogen) atoms. The van der Waals surface area contributed by atoms with Crippen LogP contribution in [0.15, 0.2) is 17.5 Å². The Morgan fingerprint density at radius 2 is 2.04 bits per heavy atom. The van der Waals surface area contributed by atoms with E-state index in [4.69, 9.17) is 0 Å². The van der Waals surface area contributed by atoms with E-state index in [0.29, 0.717) is 19.6 Å². The highest BCUT2D eigenvalue weighted by atomic mass is 32.1. The number of hydrogen-bond acceptors (Lipinski definition) is 5. The Balaban J connectivity index is 1.88. The molecule has 1 fully saturated rings. The minimum absolute atomic E-state index is 0.0637. The van der Waals surface area contributed by atoms with Gasteiger partial charge in [-0.25, -0.2) is 0 Å². The lowest BCUT2D eigenvalue weighted by atomic mass is 10.1. The maximum Gasteiger partial charge on any atom is 0.225 e. The van der Waals surface area contributed by atoms with E-state index in [1.807, 2.05) is 22.4 Å². The van der Waals surface area contributed by atoms with Gasteiger partial charge in [0.05, 0.1) is 18.6 Å². The maximum absolute atomic E-state index is 12.5. The Bertz CT molecular complexity index is 511. The van der Waals surface area contributed by atoms with Gasteiger partial charge >= 0.3 is 0 Å². The normalized spacial score (nSPS) is 18.5. The molecule has 1 aliphatic heterocycles. The van der Waals surface area contributed by atoms with E-state index >= 15 is 0 Å².